The normalized spacial score (nSPS) is 10.1. The molecule has 2 rings (SSSR count). The lowest BCUT2D eigenvalue weighted by molar-refractivity contribution is 0.601. The molecule has 0 heterocycles. The maximum atomic E-state index is 12.6. The number of sulfonamides is 1. The van der Waals surface area contributed by atoms with Gasteiger partial charge in [0.05, 0.1) is 26.3 Å². The molecule has 0 amide bonds. The Morgan fingerprint density at radius 2 is 1.50 bits per heavy atom. The zero-order chi connectivity index (χ0) is 20.9. The molecule has 0 aromatic heterocycles. The van der Waals surface area contributed by atoms with Crippen molar-refractivity contribution in [3.8, 4) is 18.2 Å². The molecular formula is C18H11Cl2N5O2S. The Hall–Kier alpha value is -3.22. The number of anilines is 2. The van der Waals surface area contributed by atoms with Crippen molar-refractivity contribution >= 4 is 44.6 Å². The van der Waals surface area contributed by atoms with Gasteiger partial charge in [-0.25, -0.2) is 8.42 Å². The fraction of sp³-hybridized carbons (Fsp3) is 0.0556. The maximum Gasteiger partial charge on any atom is 0.261 e. The van der Waals surface area contributed by atoms with E-state index in [9.17, 15) is 8.42 Å². The summed E-state index contributed by atoms with van der Waals surface area (Å²) in [6, 6.07) is 13.6. The van der Waals surface area contributed by atoms with E-state index in [2.05, 4.69) is 10.0 Å². The maximum absolute atomic E-state index is 12.6. The molecule has 2 N–H and O–H groups in total. The van der Waals surface area contributed by atoms with Gasteiger partial charge in [0.25, 0.3) is 10.0 Å². The lowest BCUT2D eigenvalue weighted by Crippen LogP contribution is -2.13. The van der Waals surface area contributed by atoms with Gasteiger partial charge in [0, 0.05) is 0 Å². The van der Waals surface area contributed by atoms with Gasteiger partial charge in [-0.3, -0.25) is 4.72 Å². The van der Waals surface area contributed by atoms with Gasteiger partial charge >= 0.3 is 0 Å². The quantitative estimate of drug-likeness (QED) is 0.676. The second-order valence-corrected chi connectivity index (χ2v) is 7.94. The Morgan fingerprint density at radius 1 is 0.929 bits per heavy atom. The Morgan fingerprint density at radius 3 is 2.04 bits per heavy atom. The van der Waals surface area contributed by atoms with E-state index in [4.69, 9.17) is 39.0 Å². The van der Waals surface area contributed by atoms with Crippen LogP contribution in [0.3, 0.4) is 0 Å². The van der Waals surface area contributed by atoms with Crippen LogP contribution in [-0.2, 0) is 10.0 Å². The van der Waals surface area contributed by atoms with E-state index in [0.29, 0.717) is 0 Å². The third-order valence-electron chi connectivity index (χ3n) is 3.48. The Kier molecular flexibility index (Phi) is 6.51. The minimum Gasteiger partial charge on any atom is -0.344 e. The number of nitrogens with one attached hydrogen (secondary N) is 2. The number of benzene rings is 2. The molecule has 28 heavy (non-hydrogen) atoms. The van der Waals surface area contributed by atoms with Crippen molar-refractivity contribution in [3.63, 3.8) is 0 Å². The molecule has 10 heteroatoms. The van der Waals surface area contributed by atoms with Crippen LogP contribution in [0, 0.1) is 40.9 Å². The minimum atomic E-state index is -3.93. The van der Waals surface area contributed by atoms with Gasteiger partial charge in [-0.1, -0.05) is 40.9 Å². The van der Waals surface area contributed by atoms with Gasteiger partial charge in [-0.05, 0) is 31.2 Å². The van der Waals surface area contributed by atoms with Crippen LogP contribution < -0.4 is 10.0 Å². The number of halogens is 2. The van der Waals surface area contributed by atoms with Gasteiger partial charge in [-0.2, -0.15) is 15.8 Å². The molecule has 0 aliphatic rings. The molecule has 0 bridgehead atoms. The standard InChI is InChI=1S/C18H11Cl2N5O2S/c1-11-2-4-13(5-3-11)28(26,27)25-17-7-16(14(19)6-15(17)20)24-18(10-23)12(8-21)9-22/h2-7,24-25H,1H3. The van der Waals surface area contributed by atoms with E-state index in [1.54, 1.807) is 30.3 Å². The molecule has 0 aliphatic carbocycles. The summed E-state index contributed by atoms with van der Waals surface area (Å²) in [4.78, 5) is 0.0347. The molecule has 0 fully saturated rings. The Labute approximate surface area is 172 Å². The van der Waals surface area contributed by atoms with Crippen molar-refractivity contribution in [2.75, 3.05) is 10.0 Å². The summed E-state index contributed by atoms with van der Waals surface area (Å²) in [6.45, 7) is 1.83. The highest BCUT2D eigenvalue weighted by molar-refractivity contribution is 7.92. The van der Waals surface area contributed by atoms with Gasteiger partial charge in [0.15, 0.2) is 5.57 Å². The first-order valence-electron chi connectivity index (χ1n) is 7.52. The van der Waals surface area contributed by atoms with Gasteiger partial charge in [0.2, 0.25) is 0 Å². The van der Waals surface area contributed by atoms with Crippen LogP contribution in [0.4, 0.5) is 11.4 Å². The average Bonchev–Trinajstić information content (AvgIpc) is 2.65. The minimum absolute atomic E-state index is 0.00176. The second-order valence-electron chi connectivity index (χ2n) is 5.44. The monoisotopic (exact) mass is 431 g/mol. The van der Waals surface area contributed by atoms with Gasteiger partial charge in [-0.15, -0.1) is 0 Å². The molecule has 7 nitrogen and oxygen atoms in total. The van der Waals surface area contributed by atoms with Crippen molar-refractivity contribution in [2.45, 2.75) is 11.8 Å². The largest absolute Gasteiger partial charge is 0.344 e. The highest BCUT2D eigenvalue weighted by Gasteiger charge is 2.18. The van der Waals surface area contributed by atoms with Crippen LogP contribution in [0.1, 0.15) is 5.56 Å². The molecule has 0 atom stereocenters. The molecule has 0 saturated carbocycles. The molecule has 0 unspecified atom stereocenters. The fourth-order valence-corrected chi connectivity index (χ4v) is 3.67. The van der Waals surface area contributed by atoms with E-state index in [0.717, 1.165) is 5.56 Å². The molecule has 2 aromatic rings. The van der Waals surface area contributed by atoms with E-state index < -0.39 is 15.6 Å². The summed E-state index contributed by atoms with van der Waals surface area (Å²) in [5, 5.41) is 29.6. The number of nitrogens with zero attached hydrogens (tertiary/aromatic N) is 3. The summed E-state index contributed by atoms with van der Waals surface area (Å²) < 4.78 is 27.5. The Balaban J connectivity index is 2.45. The van der Waals surface area contributed by atoms with E-state index in [-0.39, 0.29) is 32.0 Å². The number of hydrogen-bond donors (Lipinski definition) is 2. The predicted octanol–water partition coefficient (Wildman–Crippen LogP) is 4.34. The second kappa shape index (κ2) is 8.65. The van der Waals surface area contributed by atoms with Gasteiger partial charge < -0.3 is 5.32 Å². The molecule has 2 aromatic carbocycles. The van der Waals surface area contributed by atoms with Crippen LogP contribution in [0.25, 0.3) is 0 Å². The van der Waals surface area contributed by atoms with Crippen LogP contribution in [0.5, 0.6) is 0 Å². The molecule has 0 saturated heterocycles. The molecule has 0 aliphatic heterocycles. The summed E-state index contributed by atoms with van der Waals surface area (Å²) >= 11 is 12.2. The lowest BCUT2D eigenvalue weighted by atomic mass is 10.2. The summed E-state index contributed by atoms with van der Waals surface area (Å²) in [5.41, 5.74) is 0.211. The van der Waals surface area contributed by atoms with Crippen LogP contribution in [0.2, 0.25) is 10.0 Å². The number of aryl methyl sites for hydroxylation is 1. The number of hydrogen-bond acceptors (Lipinski definition) is 6. The van der Waals surface area contributed by atoms with Crippen LogP contribution in [-0.4, -0.2) is 8.42 Å². The van der Waals surface area contributed by atoms with Crippen molar-refractivity contribution in [1.29, 1.82) is 15.8 Å². The summed E-state index contributed by atoms with van der Waals surface area (Å²) in [5.74, 6) is 0. The van der Waals surface area contributed by atoms with Gasteiger partial charge in [0.1, 0.15) is 23.9 Å². The van der Waals surface area contributed by atoms with Crippen molar-refractivity contribution in [3.05, 3.63) is 63.3 Å². The molecule has 0 spiro atoms. The fourth-order valence-electron chi connectivity index (χ4n) is 2.06. The highest BCUT2D eigenvalue weighted by atomic mass is 35.5. The smallest absolute Gasteiger partial charge is 0.261 e. The van der Waals surface area contributed by atoms with Crippen LogP contribution in [0.15, 0.2) is 52.6 Å². The zero-order valence-corrected chi connectivity index (χ0v) is 16.6. The van der Waals surface area contributed by atoms with Crippen LogP contribution >= 0.6 is 23.2 Å². The van der Waals surface area contributed by atoms with E-state index in [1.165, 1.54) is 24.3 Å². The Bertz CT molecular complexity index is 1170. The third kappa shape index (κ3) is 4.73. The number of nitriles is 3. The highest BCUT2D eigenvalue weighted by Crippen LogP contribution is 2.34. The third-order valence-corrected chi connectivity index (χ3v) is 5.48. The SMILES string of the molecule is Cc1ccc(S(=O)(=O)Nc2cc(NC(C#N)=C(C#N)C#N)c(Cl)cc2Cl)cc1. The molecule has 0 radical (unpaired) electrons. The first-order chi connectivity index (χ1) is 13.2. The lowest BCUT2D eigenvalue weighted by Gasteiger charge is -2.14. The zero-order valence-electron chi connectivity index (χ0n) is 14.3. The molecule has 140 valence electrons. The topological polar surface area (TPSA) is 130 Å². The van der Waals surface area contributed by atoms with Crippen molar-refractivity contribution < 1.29 is 8.42 Å². The summed E-state index contributed by atoms with van der Waals surface area (Å²) in [6.07, 6.45) is 0. The average molecular weight is 432 g/mol. The van der Waals surface area contributed by atoms with E-state index >= 15 is 0 Å². The van der Waals surface area contributed by atoms with Crippen molar-refractivity contribution in [1.82, 2.24) is 0 Å². The number of rotatable bonds is 5. The van der Waals surface area contributed by atoms with Crippen molar-refractivity contribution in [2.24, 2.45) is 0 Å². The molecular weight excluding hydrogens is 421 g/mol. The number of allylic oxidation sites excluding steroid dienone is 2. The first-order valence-corrected chi connectivity index (χ1v) is 9.76. The van der Waals surface area contributed by atoms with E-state index in [1.807, 2.05) is 6.92 Å². The first kappa shape index (κ1) is 21.1. The summed E-state index contributed by atoms with van der Waals surface area (Å²) in [7, 11) is -3.93. The predicted molar refractivity (Wildman–Crippen MR) is 106 cm³/mol.